The van der Waals surface area contributed by atoms with Crippen LogP contribution >= 0.6 is 0 Å². The molecule has 0 spiro atoms. The van der Waals surface area contributed by atoms with Gasteiger partial charge >= 0.3 is 10.1 Å². The molecule has 0 unspecified atom stereocenters. The molecule has 3 rings (SSSR count). The fourth-order valence-corrected chi connectivity index (χ4v) is 3.83. The first-order valence-corrected chi connectivity index (χ1v) is 11.5. The molecule has 0 aromatic heterocycles. The van der Waals surface area contributed by atoms with Gasteiger partial charge in [0.05, 0.1) is 17.4 Å². The Bertz CT molecular complexity index is 1130. The quantitative estimate of drug-likeness (QED) is 0.424. The Morgan fingerprint density at radius 1 is 1.16 bits per heavy atom. The van der Waals surface area contributed by atoms with E-state index in [1.165, 1.54) is 12.1 Å². The van der Waals surface area contributed by atoms with Gasteiger partial charge in [-0.1, -0.05) is 55.0 Å². The number of amides is 2. The van der Waals surface area contributed by atoms with Gasteiger partial charge in [0.1, 0.15) is 11.8 Å². The fourth-order valence-electron chi connectivity index (χ4n) is 3.38. The number of carbonyl (C=O) groups excluding carboxylic acids is 2. The highest BCUT2D eigenvalue weighted by Crippen LogP contribution is 2.48. The molecule has 2 aromatic rings. The summed E-state index contributed by atoms with van der Waals surface area (Å²) in [5.41, 5.74) is 1.01. The van der Waals surface area contributed by atoms with Crippen LogP contribution in [0.4, 0.5) is 0 Å². The Hall–Kier alpha value is -3.57. The van der Waals surface area contributed by atoms with Crippen LogP contribution in [0.1, 0.15) is 24.0 Å². The van der Waals surface area contributed by atoms with E-state index in [2.05, 4.69) is 23.1 Å². The summed E-state index contributed by atoms with van der Waals surface area (Å²) in [6.07, 6.45) is 6.87. The van der Waals surface area contributed by atoms with Crippen molar-refractivity contribution in [2.24, 2.45) is 0 Å². The first-order valence-electron chi connectivity index (χ1n) is 10.0. The van der Waals surface area contributed by atoms with E-state index in [4.69, 9.17) is 10.6 Å². The Balaban J connectivity index is 1.75. The average molecular weight is 453 g/mol. The van der Waals surface area contributed by atoms with Gasteiger partial charge in [-0.25, -0.2) is 0 Å². The second kappa shape index (κ2) is 9.71. The van der Waals surface area contributed by atoms with Crippen molar-refractivity contribution in [3.63, 3.8) is 0 Å². The number of carbonyl (C=O) groups is 2. The van der Waals surface area contributed by atoms with Crippen LogP contribution in [0.2, 0.25) is 0 Å². The van der Waals surface area contributed by atoms with Gasteiger partial charge in [0.15, 0.2) is 0 Å². The Morgan fingerprint density at radius 2 is 1.81 bits per heavy atom. The van der Waals surface area contributed by atoms with Crippen LogP contribution in [0.5, 0.6) is 5.75 Å². The minimum Gasteiger partial charge on any atom is -0.379 e. The summed E-state index contributed by atoms with van der Waals surface area (Å²) >= 11 is 0. The van der Waals surface area contributed by atoms with Gasteiger partial charge in [-0.05, 0) is 36.1 Å². The van der Waals surface area contributed by atoms with E-state index in [1.807, 2.05) is 30.3 Å². The minimum atomic E-state index is -3.86. The smallest absolute Gasteiger partial charge is 0.331 e. The van der Waals surface area contributed by atoms with Crippen molar-refractivity contribution in [3.8, 4) is 18.1 Å². The third-order valence-electron chi connectivity index (χ3n) is 5.28. The molecule has 0 saturated heterocycles. The number of terminal acetylenes is 1. The zero-order valence-corrected chi connectivity index (χ0v) is 18.2. The molecule has 1 fully saturated rings. The molecule has 0 radical (unpaired) electrons. The van der Waals surface area contributed by atoms with Gasteiger partial charge in [0.2, 0.25) is 11.8 Å². The van der Waals surface area contributed by atoms with Crippen LogP contribution < -0.4 is 14.8 Å². The second-order valence-corrected chi connectivity index (χ2v) is 8.97. The average Bonchev–Trinajstić information content (AvgIpc) is 3.61. The van der Waals surface area contributed by atoms with Gasteiger partial charge in [0.25, 0.3) is 0 Å². The predicted molar refractivity (Wildman–Crippen MR) is 121 cm³/mol. The molecule has 2 amide bonds. The molecule has 1 saturated carbocycles. The first kappa shape index (κ1) is 23.1. The third-order valence-corrected chi connectivity index (χ3v) is 6.11. The van der Waals surface area contributed by atoms with E-state index in [0.29, 0.717) is 23.8 Å². The lowest BCUT2D eigenvalue weighted by Crippen LogP contribution is -2.51. The predicted octanol–water partition coefficient (Wildman–Crippen LogP) is 2.05. The highest BCUT2D eigenvalue weighted by Gasteiger charge is 2.51. The normalized spacial score (nSPS) is 15.0. The highest BCUT2D eigenvalue weighted by molar-refractivity contribution is 7.90. The zero-order chi connectivity index (χ0) is 23.2. The van der Waals surface area contributed by atoms with Crippen LogP contribution in [0, 0.1) is 12.3 Å². The van der Waals surface area contributed by atoms with Crippen LogP contribution in [-0.2, 0) is 31.5 Å². The molecular formula is C24H24N2O5S. The summed E-state index contributed by atoms with van der Waals surface area (Å²) in [4.78, 5) is 25.8. The Labute approximate surface area is 188 Å². The summed E-state index contributed by atoms with van der Waals surface area (Å²) < 4.78 is 27.9. The molecule has 2 aromatic carbocycles. The topological polar surface area (TPSA) is 102 Å². The number of benzene rings is 2. The molecule has 0 aliphatic heterocycles. The molecule has 8 heteroatoms. The lowest BCUT2D eigenvalue weighted by atomic mass is 9.94. The summed E-state index contributed by atoms with van der Waals surface area (Å²) in [5, 5.41) is 6.20. The maximum atomic E-state index is 13.1. The van der Waals surface area contributed by atoms with Gasteiger partial charge in [0, 0.05) is 6.42 Å². The van der Waals surface area contributed by atoms with Crippen molar-refractivity contribution in [1.29, 1.82) is 0 Å². The number of hydrogen-bond acceptors (Lipinski definition) is 5. The molecule has 166 valence electrons. The monoisotopic (exact) mass is 452 g/mol. The summed E-state index contributed by atoms with van der Waals surface area (Å²) in [6.45, 7) is 3.23. The number of nitrogens with one attached hydrogen (secondary N) is 2. The van der Waals surface area contributed by atoms with Gasteiger partial charge in [-0.15, -0.1) is 6.42 Å². The van der Waals surface area contributed by atoms with Gasteiger partial charge in [-0.3, -0.25) is 9.59 Å². The van der Waals surface area contributed by atoms with Crippen molar-refractivity contribution in [3.05, 3.63) is 77.7 Å². The van der Waals surface area contributed by atoms with Crippen molar-refractivity contribution >= 4 is 21.9 Å². The molecule has 1 aliphatic carbocycles. The summed E-state index contributed by atoms with van der Waals surface area (Å²) in [6, 6.07) is 14.8. The molecule has 1 atom stereocenters. The van der Waals surface area contributed by atoms with Gasteiger partial charge in [-0.2, -0.15) is 8.42 Å². The van der Waals surface area contributed by atoms with Crippen molar-refractivity contribution in [1.82, 2.24) is 10.6 Å². The lowest BCUT2D eigenvalue weighted by molar-refractivity contribution is -0.130. The SMILES string of the molecule is C#CCNC(=O)[C@H](Cc1ccc(OS(=O)(=O)C=C)cc1)NC(=O)C1(c2ccccc2)CC1. The maximum Gasteiger partial charge on any atom is 0.331 e. The summed E-state index contributed by atoms with van der Waals surface area (Å²) in [5.74, 6) is 1.86. The highest BCUT2D eigenvalue weighted by atomic mass is 32.2. The van der Waals surface area contributed by atoms with Crippen molar-refractivity contribution in [2.45, 2.75) is 30.7 Å². The molecule has 7 nitrogen and oxygen atoms in total. The molecule has 2 N–H and O–H groups in total. The van der Waals surface area contributed by atoms with Crippen LogP contribution in [0.3, 0.4) is 0 Å². The molecular weight excluding hydrogens is 428 g/mol. The van der Waals surface area contributed by atoms with E-state index in [9.17, 15) is 18.0 Å². The largest absolute Gasteiger partial charge is 0.379 e. The van der Waals surface area contributed by atoms with E-state index >= 15 is 0 Å². The molecule has 0 bridgehead atoms. The van der Waals surface area contributed by atoms with E-state index in [0.717, 1.165) is 5.56 Å². The zero-order valence-electron chi connectivity index (χ0n) is 17.4. The van der Waals surface area contributed by atoms with Crippen LogP contribution in [0.15, 0.2) is 66.6 Å². The third kappa shape index (κ3) is 5.56. The molecule has 1 aliphatic rings. The standard InChI is InChI=1S/C24H24N2O5S/c1-3-16-25-22(27)21(17-18-10-12-20(13-11-18)31-32(29,30)4-2)26-23(28)24(14-15-24)19-8-6-5-7-9-19/h1,4-13,21H,2,14-17H2,(H,25,27)(H,26,28)/t21-/m0/s1. The van der Waals surface area contributed by atoms with E-state index < -0.39 is 27.5 Å². The fraction of sp³-hybridized carbons (Fsp3) is 0.250. The minimum absolute atomic E-state index is 0.0429. The first-order chi connectivity index (χ1) is 15.3. The van der Waals surface area contributed by atoms with Gasteiger partial charge < -0.3 is 14.8 Å². The van der Waals surface area contributed by atoms with Crippen LogP contribution in [-0.4, -0.2) is 32.8 Å². The van der Waals surface area contributed by atoms with E-state index in [-0.39, 0.29) is 24.6 Å². The number of rotatable bonds is 10. The maximum absolute atomic E-state index is 13.1. The van der Waals surface area contributed by atoms with Crippen LogP contribution in [0.25, 0.3) is 0 Å². The van der Waals surface area contributed by atoms with E-state index in [1.54, 1.807) is 12.1 Å². The molecule has 32 heavy (non-hydrogen) atoms. The summed E-state index contributed by atoms with van der Waals surface area (Å²) in [7, 11) is -3.86. The van der Waals surface area contributed by atoms with Crippen molar-refractivity contribution < 1.29 is 22.2 Å². The molecule has 0 heterocycles. The lowest BCUT2D eigenvalue weighted by Gasteiger charge is -2.22. The second-order valence-electron chi connectivity index (χ2n) is 7.49. The van der Waals surface area contributed by atoms with Crippen molar-refractivity contribution in [2.75, 3.05) is 6.54 Å². The number of hydrogen-bond donors (Lipinski definition) is 2. The Kier molecular flexibility index (Phi) is 7.01. The Morgan fingerprint density at radius 3 is 2.38 bits per heavy atom.